The first kappa shape index (κ1) is 19.2. The third-order valence-electron chi connectivity index (χ3n) is 3.68. The van der Waals surface area contributed by atoms with E-state index >= 15 is 0 Å². The molecule has 0 aliphatic carbocycles. The molecule has 132 valence electrons. The Labute approximate surface area is 150 Å². The maximum absolute atomic E-state index is 12.8. The normalized spacial score (nSPS) is 12.6. The summed E-state index contributed by atoms with van der Waals surface area (Å²) in [7, 11) is 0. The number of aliphatic carboxylic acids is 1. The molecule has 0 aliphatic rings. The van der Waals surface area contributed by atoms with Gasteiger partial charge in [0.25, 0.3) is 0 Å². The van der Waals surface area contributed by atoms with Crippen molar-refractivity contribution in [2.45, 2.75) is 19.0 Å². The summed E-state index contributed by atoms with van der Waals surface area (Å²) in [5.41, 5.74) is -0.252. The van der Waals surface area contributed by atoms with Gasteiger partial charge in [0.15, 0.2) is 5.78 Å². The number of carboxylic acid groups (broad SMARTS) is 1. The van der Waals surface area contributed by atoms with Crippen molar-refractivity contribution in [3.63, 3.8) is 0 Å². The fourth-order valence-corrected chi connectivity index (χ4v) is 2.65. The summed E-state index contributed by atoms with van der Waals surface area (Å²) in [5, 5.41) is 9.32. The summed E-state index contributed by atoms with van der Waals surface area (Å²) < 4.78 is 39.0. The van der Waals surface area contributed by atoms with Gasteiger partial charge >= 0.3 is 12.1 Å². The Morgan fingerprint density at radius 2 is 1.72 bits per heavy atom. The van der Waals surface area contributed by atoms with E-state index in [0.717, 1.165) is 16.6 Å². The van der Waals surface area contributed by atoms with E-state index in [0.29, 0.717) is 5.56 Å². The monoisotopic (exact) mass is 414 g/mol. The van der Waals surface area contributed by atoms with Crippen LogP contribution in [0.3, 0.4) is 0 Å². The molecular formula is C18H14BrF3O3. The fourth-order valence-electron chi connectivity index (χ4n) is 2.38. The van der Waals surface area contributed by atoms with E-state index in [2.05, 4.69) is 15.9 Å². The molecule has 0 aliphatic heterocycles. The number of Topliss-reactive ketones (excluding diaryl/α,β-unsaturated/α-hetero) is 1. The molecule has 0 aromatic heterocycles. The quantitative estimate of drug-likeness (QED) is 0.677. The molecule has 0 saturated carbocycles. The van der Waals surface area contributed by atoms with Crippen molar-refractivity contribution in [2.75, 3.05) is 0 Å². The molecule has 0 fully saturated rings. The van der Waals surface area contributed by atoms with Gasteiger partial charge in [0.1, 0.15) is 0 Å². The van der Waals surface area contributed by atoms with Gasteiger partial charge in [-0.05, 0) is 30.2 Å². The summed E-state index contributed by atoms with van der Waals surface area (Å²) >= 11 is 3.24. The Balaban J connectivity index is 2.15. The molecule has 0 bridgehead atoms. The average molecular weight is 415 g/mol. The molecule has 0 radical (unpaired) electrons. The summed E-state index contributed by atoms with van der Waals surface area (Å²) in [5.74, 6) is -2.69. The molecule has 0 heterocycles. The lowest BCUT2D eigenvalue weighted by atomic mass is 9.91. The standard InChI is InChI=1S/C18H14BrF3O3/c19-15-6-4-12(5-7-15)16(23)10-13(17(24)25)8-11-2-1-3-14(9-11)18(20,21)22/h1-7,9,13H,8,10H2,(H,24,25). The molecule has 0 saturated heterocycles. The molecule has 1 unspecified atom stereocenters. The summed E-state index contributed by atoms with van der Waals surface area (Å²) in [6.07, 6.45) is -4.93. The van der Waals surface area contributed by atoms with E-state index < -0.39 is 23.6 Å². The van der Waals surface area contributed by atoms with Crippen LogP contribution >= 0.6 is 15.9 Å². The SMILES string of the molecule is O=C(CC(Cc1cccc(C(F)(F)F)c1)C(=O)O)c1ccc(Br)cc1. The van der Waals surface area contributed by atoms with E-state index in [1.807, 2.05) is 0 Å². The smallest absolute Gasteiger partial charge is 0.416 e. The fraction of sp³-hybridized carbons (Fsp3) is 0.222. The number of ketones is 1. The molecule has 25 heavy (non-hydrogen) atoms. The van der Waals surface area contributed by atoms with E-state index in [1.54, 1.807) is 24.3 Å². The van der Waals surface area contributed by atoms with Crippen LogP contribution in [-0.2, 0) is 17.4 Å². The van der Waals surface area contributed by atoms with Gasteiger partial charge in [0.2, 0.25) is 0 Å². The van der Waals surface area contributed by atoms with Crippen LogP contribution < -0.4 is 0 Å². The van der Waals surface area contributed by atoms with Crippen LogP contribution in [0.2, 0.25) is 0 Å². The zero-order chi connectivity index (χ0) is 18.6. The Hall–Kier alpha value is -2.15. The van der Waals surface area contributed by atoms with E-state index in [9.17, 15) is 27.9 Å². The van der Waals surface area contributed by atoms with Crippen LogP contribution in [0, 0.1) is 5.92 Å². The van der Waals surface area contributed by atoms with Crippen molar-refractivity contribution >= 4 is 27.7 Å². The molecule has 1 atom stereocenters. The number of alkyl halides is 3. The lowest BCUT2D eigenvalue weighted by Gasteiger charge is -2.13. The van der Waals surface area contributed by atoms with Gasteiger partial charge in [-0.15, -0.1) is 0 Å². The number of hydrogen-bond donors (Lipinski definition) is 1. The van der Waals surface area contributed by atoms with Gasteiger partial charge in [0, 0.05) is 16.5 Å². The van der Waals surface area contributed by atoms with E-state index in [1.165, 1.54) is 12.1 Å². The Kier molecular flexibility index (Phi) is 6.00. The second-order valence-electron chi connectivity index (χ2n) is 5.57. The number of benzene rings is 2. The van der Waals surface area contributed by atoms with Crippen molar-refractivity contribution in [1.29, 1.82) is 0 Å². The Bertz CT molecular complexity index is 770. The minimum Gasteiger partial charge on any atom is -0.481 e. The minimum atomic E-state index is -4.50. The van der Waals surface area contributed by atoms with Crippen LogP contribution in [-0.4, -0.2) is 16.9 Å². The zero-order valence-corrected chi connectivity index (χ0v) is 14.5. The summed E-state index contributed by atoms with van der Waals surface area (Å²) in [6.45, 7) is 0. The van der Waals surface area contributed by atoms with Crippen LogP contribution in [0.5, 0.6) is 0 Å². The van der Waals surface area contributed by atoms with Crippen molar-refractivity contribution in [1.82, 2.24) is 0 Å². The molecule has 2 aromatic carbocycles. The third-order valence-corrected chi connectivity index (χ3v) is 4.21. The van der Waals surface area contributed by atoms with Gasteiger partial charge in [0.05, 0.1) is 11.5 Å². The molecule has 3 nitrogen and oxygen atoms in total. The summed E-state index contributed by atoms with van der Waals surface area (Å²) in [6, 6.07) is 11.0. The van der Waals surface area contributed by atoms with Crippen molar-refractivity contribution in [3.8, 4) is 0 Å². The minimum absolute atomic E-state index is 0.151. The van der Waals surface area contributed by atoms with E-state index in [4.69, 9.17) is 0 Å². The highest BCUT2D eigenvalue weighted by Crippen LogP contribution is 2.30. The van der Waals surface area contributed by atoms with Crippen LogP contribution in [0.15, 0.2) is 53.0 Å². The lowest BCUT2D eigenvalue weighted by molar-refractivity contribution is -0.141. The van der Waals surface area contributed by atoms with Crippen molar-refractivity contribution < 1.29 is 27.9 Å². The number of carbonyl (C=O) groups is 2. The van der Waals surface area contributed by atoms with Gasteiger partial charge in [-0.25, -0.2) is 0 Å². The topological polar surface area (TPSA) is 54.4 Å². The van der Waals surface area contributed by atoms with Crippen LogP contribution in [0.4, 0.5) is 13.2 Å². The zero-order valence-electron chi connectivity index (χ0n) is 12.9. The first-order valence-corrected chi connectivity index (χ1v) is 8.14. The Morgan fingerprint density at radius 3 is 2.28 bits per heavy atom. The van der Waals surface area contributed by atoms with Gasteiger partial charge in [-0.3, -0.25) is 9.59 Å². The highest BCUT2D eigenvalue weighted by molar-refractivity contribution is 9.10. The molecule has 1 N–H and O–H groups in total. The molecule has 0 spiro atoms. The van der Waals surface area contributed by atoms with Crippen molar-refractivity contribution in [2.24, 2.45) is 5.92 Å². The Morgan fingerprint density at radius 1 is 1.08 bits per heavy atom. The van der Waals surface area contributed by atoms with E-state index in [-0.39, 0.29) is 24.2 Å². The van der Waals surface area contributed by atoms with Gasteiger partial charge in [-0.2, -0.15) is 13.2 Å². The second kappa shape index (κ2) is 7.82. The molecular weight excluding hydrogens is 401 g/mol. The summed E-state index contributed by atoms with van der Waals surface area (Å²) in [4.78, 5) is 23.7. The predicted molar refractivity (Wildman–Crippen MR) is 89.4 cm³/mol. The number of halogens is 4. The molecule has 0 amide bonds. The molecule has 2 aromatic rings. The van der Waals surface area contributed by atoms with Crippen LogP contribution in [0.1, 0.15) is 27.9 Å². The lowest BCUT2D eigenvalue weighted by Crippen LogP contribution is -2.20. The molecule has 2 rings (SSSR count). The highest BCUT2D eigenvalue weighted by Gasteiger charge is 2.31. The largest absolute Gasteiger partial charge is 0.481 e. The maximum Gasteiger partial charge on any atom is 0.416 e. The first-order valence-electron chi connectivity index (χ1n) is 7.34. The highest BCUT2D eigenvalue weighted by atomic mass is 79.9. The second-order valence-corrected chi connectivity index (χ2v) is 6.49. The van der Waals surface area contributed by atoms with Gasteiger partial charge < -0.3 is 5.11 Å². The average Bonchev–Trinajstić information content (AvgIpc) is 2.54. The molecule has 7 heteroatoms. The number of hydrogen-bond acceptors (Lipinski definition) is 2. The number of carboxylic acids is 1. The number of carbonyl (C=O) groups excluding carboxylic acids is 1. The predicted octanol–water partition coefficient (Wildman–Crippen LogP) is 4.98. The number of rotatable bonds is 6. The van der Waals surface area contributed by atoms with Gasteiger partial charge in [-0.1, -0.05) is 46.3 Å². The third kappa shape index (κ3) is 5.42. The van der Waals surface area contributed by atoms with Crippen molar-refractivity contribution in [3.05, 3.63) is 69.7 Å². The first-order chi connectivity index (χ1) is 11.7. The maximum atomic E-state index is 12.8. The van der Waals surface area contributed by atoms with Crippen LogP contribution in [0.25, 0.3) is 0 Å².